The lowest BCUT2D eigenvalue weighted by Crippen LogP contribution is -2.16. The van der Waals surface area contributed by atoms with E-state index in [4.69, 9.17) is 32.2 Å². The minimum atomic E-state index is 0.0567. The Kier molecular flexibility index (Phi) is 6.77. The summed E-state index contributed by atoms with van der Waals surface area (Å²) in [6, 6.07) is 5.68. The Morgan fingerprint density at radius 1 is 1.42 bits per heavy atom. The second kappa shape index (κ2) is 8.09. The van der Waals surface area contributed by atoms with Gasteiger partial charge in [-0.25, -0.2) is 0 Å². The van der Waals surface area contributed by atoms with Gasteiger partial charge in [0, 0.05) is 6.61 Å². The van der Waals surface area contributed by atoms with E-state index in [2.05, 4.69) is 0 Å². The van der Waals surface area contributed by atoms with Crippen molar-refractivity contribution in [2.45, 2.75) is 26.6 Å². The zero-order valence-corrected chi connectivity index (χ0v) is 12.5. The summed E-state index contributed by atoms with van der Waals surface area (Å²) < 4.78 is 16.3. The molecule has 106 valence electrons. The molecule has 19 heavy (non-hydrogen) atoms. The van der Waals surface area contributed by atoms with Gasteiger partial charge in [0.2, 0.25) is 0 Å². The van der Waals surface area contributed by atoms with Crippen molar-refractivity contribution < 1.29 is 14.2 Å². The number of methoxy groups -OCH3 is 1. The molecule has 0 heterocycles. The lowest BCUT2D eigenvalue weighted by Gasteiger charge is -2.14. The van der Waals surface area contributed by atoms with Crippen molar-refractivity contribution in [1.82, 2.24) is 0 Å². The summed E-state index contributed by atoms with van der Waals surface area (Å²) in [4.78, 5) is 0.328. The van der Waals surface area contributed by atoms with Gasteiger partial charge in [0.25, 0.3) is 0 Å². The van der Waals surface area contributed by atoms with Gasteiger partial charge in [-0.15, -0.1) is 0 Å². The Balaban J connectivity index is 2.62. The Morgan fingerprint density at radius 3 is 2.74 bits per heavy atom. The molecule has 0 bridgehead atoms. The van der Waals surface area contributed by atoms with Crippen LogP contribution >= 0.6 is 12.2 Å². The fourth-order valence-electron chi connectivity index (χ4n) is 1.60. The molecule has 2 N–H and O–H groups in total. The third-order valence-electron chi connectivity index (χ3n) is 2.62. The molecule has 0 amide bonds. The molecule has 0 aliphatic rings. The molecular weight excluding hydrogens is 262 g/mol. The van der Waals surface area contributed by atoms with Crippen molar-refractivity contribution in [2.75, 3.05) is 20.3 Å². The molecule has 0 aromatic heterocycles. The maximum Gasteiger partial charge on any atom is 0.129 e. The van der Waals surface area contributed by atoms with Gasteiger partial charge in [0.15, 0.2) is 0 Å². The van der Waals surface area contributed by atoms with Crippen molar-refractivity contribution in [1.29, 1.82) is 0 Å². The van der Waals surface area contributed by atoms with E-state index in [0.29, 0.717) is 30.6 Å². The van der Waals surface area contributed by atoms with Gasteiger partial charge >= 0.3 is 0 Å². The highest BCUT2D eigenvalue weighted by Gasteiger charge is 2.08. The monoisotopic (exact) mass is 283 g/mol. The molecule has 0 aliphatic heterocycles. The van der Waals surface area contributed by atoms with E-state index in [1.165, 1.54) is 0 Å². The predicted molar refractivity (Wildman–Crippen MR) is 79.6 cm³/mol. The maximum atomic E-state index is 5.69. The van der Waals surface area contributed by atoms with Crippen LogP contribution in [0, 0.1) is 0 Å². The largest absolute Gasteiger partial charge is 0.496 e. The van der Waals surface area contributed by atoms with Crippen LogP contribution in [0.3, 0.4) is 0 Å². The lowest BCUT2D eigenvalue weighted by atomic mass is 10.1. The van der Waals surface area contributed by atoms with E-state index >= 15 is 0 Å². The molecule has 1 unspecified atom stereocenters. The van der Waals surface area contributed by atoms with Crippen molar-refractivity contribution in [3.63, 3.8) is 0 Å². The van der Waals surface area contributed by atoms with E-state index in [1.54, 1.807) is 7.11 Å². The molecule has 5 heteroatoms. The predicted octanol–water partition coefficient (Wildman–Crippen LogP) is 2.27. The molecule has 0 saturated heterocycles. The first-order valence-corrected chi connectivity index (χ1v) is 6.65. The minimum Gasteiger partial charge on any atom is -0.496 e. The summed E-state index contributed by atoms with van der Waals surface area (Å²) in [6.45, 7) is 5.74. The number of thiocarbonyl (C=S) groups is 1. The van der Waals surface area contributed by atoms with Gasteiger partial charge in [0.1, 0.15) is 10.7 Å². The quantitative estimate of drug-likeness (QED) is 0.742. The number of nitrogens with two attached hydrogens (primary N) is 1. The maximum absolute atomic E-state index is 5.69. The summed E-state index contributed by atoms with van der Waals surface area (Å²) in [6.07, 6.45) is 0.0567. The Labute approximate surface area is 119 Å². The van der Waals surface area contributed by atoms with E-state index in [-0.39, 0.29) is 6.10 Å². The number of hydrogen-bond acceptors (Lipinski definition) is 4. The SMILES string of the molecule is CCOCC(C)OCc1ccc(C(N)=S)c(OC)c1. The van der Waals surface area contributed by atoms with Crippen LogP contribution in [0.2, 0.25) is 0 Å². The van der Waals surface area contributed by atoms with Crippen LogP contribution in [0.15, 0.2) is 18.2 Å². The molecule has 0 saturated carbocycles. The number of hydrogen-bond donors (Lipinski definition) is 1. The first-order valence-electron chi connectivity index (χ1n) is 6.24. The van der Waals surface area contributed by atoms with Gasteiger partial charge in [0.05, 0.1) is 32.0 Å². The fourth-order valence-corrected chi connectivity index (χ4v) is 1.77. The summed E-state index contributed by atoms with van der Waals surface area (Å²) in [5.41, 5.74) is 7.37. The molecule has 0 radical (unpaired) electrons. The first-order chi connectivity index (χ1) is 9.08. The molecule has 0 fully saturated rings. The molecule has 1 aromatic carbocycles. The van der Waals surface area contributed by atoms with Crippen molar-refractivity contribution in [3.05, 3.63) is 29.3 Å². The number of ether oxygens (including phenoxy) is 3. The highest BCUT2D eigenvalue weighted by Crippen LogP contribution is 2.20. The summed E-state index contributed by atoms with van der Waals surface area (Å²) >= 11 is 4.96. The van der Waals surface area contributed by atoms with Crippen LogP contribution in [0.5, 0.6) is 5.75 Å². The zero-order chi connectivity index (χ0) is 14.3. The molecule has 4 nitrogen and oxygen atoms in total. The highest BCUT2D eigenvalue weighted by atomic mass is 32.1. The zero-order valence-electron chi connectivity index (χ0n) is 11.6. The summed E-state index contributed by atoms with van der Waals surface area (Å²) in [7, 11) is 1.60. The van der Waals surface area contributed by atoms with Crippen molar-refractivity contribution in [3.8, 4) is 5.75 Å². The second-order valence-corrected chi connectivity index (χ2v) is 4.62. The van der Waals surface area contributed by atoms with Crippen molar-refractivity contribution >= 4 is 17.2 Å². The topological polar surface area (TPSA) is 53.7 Å². The van der Waals surface area contributed by atoms with Gasteiger partial charge in [-0.2, -0.15) is 0 Å². The van der Waals surface area contributed by atoms with Crippen molar-refractivity contribution in [2.24, 2.45) is 5.73 Å². The Bertz CT molecular complexity index is 423. The summed E-state index contributed by atoms with van der Waals surface area (Å²) in [5.74, 6) is 0.672. The van der Waals surface area contributed by atoms with Gasteiger partial charge in [-0.3, -0.25) is 0 Å². The highest BCUT2D eigenvalue weighted by molar-refractivity contribution is 7.80. The lowest BCUT2D eigenvalue weighted by molar-refractivity contribution is -0.0117. The molecule has 0 spiro atoms. The molecular formula is C14H21NO3S. The Morgan fingerprint density at radius 2 is 2.16 bits per heavy atom. The van der Waals surface area contributed by atoms with Crippen LogP contribution in [0.25, 0.3) is 0 Å². The Hall–Kier alpha value is -1.17. The van der Waals surface area contributed by atoms with Crippen LogP contribution in [-0.4, -0.2) is 31.4 Å². The van der Waals surface area contributed by atoms with E-state index in [9.17, 15) is 0 Å². The van der Waals surface area contributed by atoms with Crippen LogP contribution in [0.1, 0.15) is 25.0 Å². The van der Waals surface area contributed by atoms with E-state index < -0.39 is 0 Å². The molecule has 1 atom stereocenters. The average Bonchev–Trinajstić information content (AvgIpc) is 2.42. The fraction of sp³-hybridized carbons (Fsp3) is 0.500. The molecule has 1 rings (SSSR count). The first kappa shape index (κ1) is 15.9. The third-order valence-corrected chi connectivity index (χ3v) is 2.84. The second-order valence-electron chi connectivity index (χ2n) is 4.18. The van der Waals surface area contributed by atoms with Gasteiger partial charge < -0.3 is 19.9 Å². The minimum absolute atomic E-state index is 0.0567. The molecule has 0 aliphatic carbocycles. The van der Waals surface area contributed by atoms with Gasteiger partial charge in [-0.05, 0) is 31.5 Å². The molecule has 1 aromatic rings. The number of rotatable bonds is 8. The van der Waals surface area contributed by atoms with Crippen LogP contribution in [0.4, 0.5) is 0 Å². The third kappa shape index (κ3) is 5.14. The van der Waals surface area contributed by atoms with Crippen LogP contribution < -0.4 is 10.5 Å². The number of benzene rings is 1. The van der Waals surface area contributed by atoms with Crippen LogP contribution in [-0.2, 0) is 16.1 Å². The van der Waals surface area contributed by atoms with E-state index in [1.807, 2.05) is 32.0 Å². The van der Waals surface area contributed by atoms with E-state index in [0.717, 1.165) is 11.1 Å². The standard InChI is InChI=1S/C14H21NO3S/c1-4-17-8-10(2)18-9-11-5-6-12(14(15)19)13(7-11)16-3/h5-7,10H,4,8-9H2,1-3H3,(H2,15,19). The average molecular weight is 283 g/mol. The smallest absolute Gasteiger partial charge is 0.129 e. The van der Waals surface area contributed by atoms with Gasteiger partial charge in [-0.1, -0.05) is 18.3 Å². The summed E-state index contributed by atoms with van der Waals surface area (Å²) in [5, 5.41) is 0. The normalized spacial score (nSPS) is 12.2.